The largest absolute Gasteiger partial charge is 0.462 e. The second kappa shape index (κ2) is 50.5. The molecule has 0 aromatic rings. The van der Waals surface area contributed by atoms with Gasteiger partial charge in [0.15, 0.2) is 6.10 Å². The Balaban J connectivity index is 4.46. The molecule has 62 heavy (non-hydrogen) atoms. The molecule has 0 saturated heterocycles. The molecule has 0 amide bonds. The molecule has 0 rings (SSSR count). The zero-order valence-corrected chi connectivity index (χ0v) is 40.6. The molecule has 1 unspecified atom stereocenters. The lowest BCUT2D eigenvalue weighted by molar-refractivity contribution is -0.166. The predicted molar refractivity (Wildman–Crippen MR) is 265 cm³/mol. The molecule has 0 N–H and O–H groups in total. The Morgan fingerprint density at radius 2 is 0.661 bits per heavy atom. The maximum Gasteiger partial charge on any atom is 0.306 e. The number of hydrogen-bond donors (Lipinski definition) is 0. The molecular formula is C56H96O6. The van der Waals surface area contributed by atoms with Gasteiger partial charge in [-0.25, -0.2) is 0 Å². The molecule has 6 heteroatoms. The van der Waals surface area contributed by atoms with Gasteiger partial charge in [-0.3, -0.25) is 14.4 Å². The van der Waals surface area contributed by atoms with Crippen LogP contribution in [0.1, 0.15) is 245 Å². The molecule has 0 aromatic heterocycles. The highest BCUT2D eigenvalue weighted by atomic mass is 16.6. The van der Waals surface area contributed by atoms with E-state index in [9.17, 15) is 14.4 Å². The molecule has 0 fully saturated rings. The van der Waals surface area contributed by atoms with Crippen LogP contribution in [0.25, 0.3) is 0 Å². The van der Waals surface area contributed by atoms with Crippen molar-refractivity contribution in [1.82, 2.24) is 0 Å². The van der Waals surface area contributed by atoms with E-state index in [1.54, 1.807) is 0 Å². The summed E-state index contributed by atoms with van der Waals surface area (Å²) in [4.78, 5) is 37.9. The number of esters is 3. The van der Waals surface area contributed by atoms with Gasteiger partial charge in [0.05, 0.1) is 0 Å². The average molecular weight is 865 g/mol. The molecule has 0 aliphatic carbocycles. The Bertz CT molecular complexity index is 1180. The fraction of sp³-hybridized carbons (Fsp3) is 0.732. The number of rotatable bonds is 46. The summed E-state index contributed by atoms with van der Waals surface area (Å²) in [7, 11) is 0. The fourth-order valence-electron chi connectivity index (χ4n) is 7.03. The highest BCUT2D eigenvalue weighted by Crippen LogP contribution is 2.14. The van der Waals surface area contributed by atoms with Crippen molar-refractivity contribution >= 4 is 17.9 Å². The number of allylic oxidation sites excluding steroid dienone is 12. The van der Waals surface area contributed by atoms with Gasteiger partial charge in [0.25, 0.3) is 0 Å². The molecule has 0 aliphatic heterocycles. The van der Waals surface area contributed by atoms with Crippen molar-refractivity contribution in [3.05, 3.63) is 72.9 Å². The quantitative estimate of drug-likeness (QED) is 0.0262. The molecule has 6 nitrogen and oxygen atoms in total. The van der Waals surface area contributed by atoms with E-state index >= 15 is 0 Å². The topological polar surface area (TPSA) is 78.9 Å². The van der Waals surface area contributed by atoms with Gasteiger partial charge in [0, 0.05) is 19.3 Å². The van der Waals surface area contributed by atoms with E-state index in [2.05, 4.69) is 87.6 Å². The maximum absolute atomic E-state index is 12.8. The summed E-state index contributed by atoms with van der Waals surface area (Å²) in [5, 5.41) is 0. The minimum Gasteiger partial charge on any atom is -0.462 e. The summed E-state index contributed by atoms with van der Waals surface area (Å²) < 4.78 is 16.7. The van der Waals surface area contributed by atoms with E-state index in [4.69, 9.17) is 14.2 Å². The molecule has 1 atom stereocenters. The summed E-state index contributed by atoms with van der Waals surface area (Å²) in [5.41, 5.74) is 0. The third-order valence-electron chi connectivity index (χ3n) is 10.9. The smallest absolute Gasteiger partial charge is 0.306 e. The molecule has 0 aliphatic rings. The molecule has 0 saturated carbocycles. The van der Waals surface area contributed by atoms with E-state index in [-0.39, 0.29) is 37.5 Å². The number of carbonyl (C=O) groups excluding carboxylic acids is 3. The van der Waals surface area contributed by atoms with Crippen molar-refractivity contribution in [3.8, 4) is 0 Å². The standard InChI is InChI=1S/C56H96O6/c1-4-7-10-13-16-19-22-25-27-28-29-32-34-37-40-43-46-49-55(58)61-52-53(51-60-54(57)48-45-42-39-36-33-30-24-21-18-15-12-9-6-3)62-56(59)50-47-44-41-38-35-31-26-23-20-17-14-11-8-5-2/h8,11,17,20,25-27,30-31,33,39,42,53H,4-7,9-10,12-16,18-19,21-24,28-29,32,34-38,40-41,43-52H2,1-3H3/b11-8+,20-17+,27-25+,31-26+,33-30+,42-39+. The van der Waals surface area contributed by atoms with Gasteiger partial charge in [-0.2, -0.15) is 0 Å². The van der Waals surface area contributed by atoms with E-state index in [1.165, 1.54) is 116 Å². The van der Waals surface area contributed by atoms with Crippen LogP contribution < -0.4 is 0 Å². The summed E-state index contributed by atoms with van der Waals surface area (Å²) in [5.74, 6) is -1.00. The van der Waals surface area contributed by atoms with E-state index in [0.29, 0.717) is 19.3 Å². The van der Waals surface area contributed by atoms with Crippen molar-refractivity contribution in [2.75, 3.05) is 13.2 Å². The third-order valence-corrected chi connectivity index (χ3v) is 10.9. The molecule has 0 heterocycles. The lowest BCUT2D eigenvalue weighted by atomic mass is 10.1. The first-order chi connectivity index (χ1) is 30.5. The molecule has 356 valence electrons. The number of carbonyl (C=O) groups is 3. The Hall–Kier alpha value is -3.15. The maximum atomic E-state index is 12.8. The van der Waals surface area contributed by atoms with Crippen molar-refractivity contribution in [1.29, 1.82) is 0 Å². The van der Waals surface area contributed by atoms with Crippen molar-refractivity contribution in [3.63, 3.8) is 0 Å². The number of ether oxygens (including phenoxy) is 3. The monoisotopic (exact) mass is 865 g/mol. The van der Waals surface area contributed by atoms with E-state index < -0.39 is 6.10 Å². The minimum atomic E-state index is -0.810. The number of hydrogen-bond acceptors (Lipinski definition) is 6. The highest BCUT2D eigenvalue weighted by Gasteiger charge is 2.19. The number of unbranched alkanes of at least 4 members (excludes halogenated alkanes) is 23. The first-order valence-electron chi connectivity index (χ1n) is 25.9. The Kier molecular flexibility index (Phi) is 47.9. The van der Waals surface area contributed by atoms with Crippen LogP contribution >= 0.6 is 0 Å². The van der Waals surface area contributed by atoms with Crippen molar-refractivity contribution in [2.24, 2.45) is 0 Å². The summed E-state index contributed by atoms with van der Waals surface area (Å²) >= 11 is 0. The molecule has 0 spiro atoms. The van der Waals surface area contributed by atoms with Crippen LogP contribution in [0.15, 0.2) is 72.9 Å². The van der Waals surface area contributed by atoms with E-state index in [1.807, 2.05) is 6.08 Å². The normalized spacial score (nSPS) is 12.6. The van der Waals surface area contributed by atoms with Crippen LogP contribution in [0.4, 0.5) is 0 Å². The predicted octanol–water partition coefficient (Wildman–Crippen LogP) is 17.0. The van der Waals surface area contributed by atoms with Crippen LogP contribution in [0, 0.1) is 0 Å². The van der Waals surface area contributed by atoms with E-state index in [0.717, 1.165) is 83.5 Å². The summed E-state index contributed by atoms with van der Waals surface area (Å²) in [6.07, 6.45) is 63.3. The van der Waals surface area contributed by atoms with Crippen LogP contribution in [0.3, 0.4) is 0 Å². The van der Waals surface area contributed by atoms with Crippen molar-refractivity contribution in [2.45, 2.75) is 252 Å². The van der Waals surface area contributed by atoms with Gasteiger partial charge in [0.2, 0.25) is 0 Å². The minimum absolute atomic E-state index is 0.104. The highest BCUT2D eigenvalue weighted by molar-refractivity contribution is 5.71. The molecule has 0 radical (unpaired) electrons. The SMILES string of the molecule is CC/C=C/C/C=C/C/C=C/CCCCCCC(=O)OC(COC(=O)CC/C=C/C/C=C/CCCCCCCC)COC(=O)CCCCCCCCC/C=C/CCCCCCCC. The Labute approximate surface area is 382 Å². The van der Waals surface area contributed by atoms with Crippen LogP contribution in [-0.4, -0.2) is 37.2 Å². The second-order valence-corrected chi connectivity index (χ2v) is 17.0. The molecular weight excluding hydrogens is 769 g/mol. The van der Waals surface area contributed by atoms with Crippen LogP contribution in [0.5, 0.6) is 0 Å². The second-order valence-electron chi connectivity index (χ2n) is 17.0. The van der Waals surface area contributed by atoms with Gasteiger partial charge in [-0.15, -0.1) is 0 Å². The van der Waals surface area contributed by atoms with Crippen LogP contribution in [-0.2, 0) is 28.6 Å². The zero-order chi connectivity index (χ0) is 45.1. The van der Waals surface area contributed by atoms with Gasteiger partial charge >= 0.3 is 17.9 Å². The molecule has 0 bridgehead atoms. The summed E-state index contributed by atoms with van der Waals surface area (Å²) in [6.45, 7) is 6.44. The van der Waals surface area contributed by atoms with Gasteiger partial charge in [-0.05, 0) is 96.3 Å². The Morgan fingerprint density at radius 3 is 1.10 bits per heavy atom. The lowest BCUT2D eigenvalue weighted by Gasteiger charge is -2.18. The van der Waals surface area contributed by atoms with Gasteiger partial charge in [-0.1, -0.05) is 203 Å². The Morgan fingerprint density at radius 1 is 0.339 bits per heavy atom. The average Bonchev–Trinajstić information content (AvgIpc) is 3.27. The van der Waals surface area contributed by atoms with Crippen LogP contribution in [0.2, 0.25) is 0 Å². The van der Waals surface area contributed by atoms with Gasteiger partial charge < -0.3 is 14.2 Å². The first kappa shape index (κ1) is 58.9. The first-order valence-corrected chi connectivity index (χ1v) is 25.9. The zero-order valence-electron chi connectivity index (χ0n) is 40.6. The van der Waals surface area contributed by atoms with Gasteiger partial charge in [0.1, 0.15) is 13.2 Å². The fourth-order valence-corrected chi connectivity index (χ4v) is 7.03. The molecule has 0 aromatic carbocycles. The third kappa shape index (κ3) is 47.9. The lowest BCUT2D eigenvalue weighted by Crippen LogP contribution is -2.30. The van der Waals surface area contributed by atoms with Crippen molar-refractivity contribution < 1.29 is 28.6 Å². The summed E-state index contributed by atoms with van der Waals surface area (Å²) in [6, 6.07) is 0.